The van der Waals surface area contributed by atoms with E-state index in [2.05, 4.69) is 0 Å². The summed E-state index contributed by atoms with van der Waals surface area (Å²) in [6.45, 7) is 0. The van der Waals surface area contributed by atoms with Gasteiger partial charge in [0.25, 0.3) is 0 Å². The monoisotopic (exact) mass is 237 g/mol. The summed E-state index contributed by atoms with van der Waals surface area (Å²) in [5, 5.41) is 0.543. The Morgan fingerprint density at radius 1 is 1.20 bits per heavy atom. The van der Waals surface area contributed by atoms with Gasteiger partial charge in [0.15, 0.2) is 0 Å². The molecule has 0 aliphatic rings. The second kappa shape index (κ2) is 4.86. The van der Waals surface area contributed by atoms with Crippen LogP contribution in [0.5, 0.6) is 0 Å². The van der Waals surface area contributed by atoms with E-state index in [1.54, 1.807) is 24.3 Å². The molecule has 1 aromatic rings. The van der Waals surface area contributed by atoms with Gasteiger partial charge in [0.1, 0.15) is 0 Å². The van der Waals surface area contributed by atoms with Crippen molar-refractivity contribution in [2.45, 2.75) is 25.1 Å². The van der Waals surface area contributed by atoms with Crippen molar-refractivity contribution >= 4 is 11.6 Å². The lowest BCUT2D eigenvalue weighted by molar-refractivity contribution is -0.136. The van der Waals surface area contributed by atoms with E-state index < -0.39 is 18.6 Å². The van der Waals surface area contributed by atoms with Crippen LogP contribution in [-0.2, 0) is 0 Å². The van der Waals surface area contributed by atoms with E-state index in [0.29, 0.717) is 10.6 Å². The molecule has 0 aromatic heterocycles. The predicted octanol–water partition coefficient (Wildman–Crippen LogP) is 3.68. The van der Waals surface area contributed by atoms with Crippen LogP contribution in [0.2, 0.25) is 5.02 Å². The zero-order chi connectivity index (χ0) is 11.5. The van der Waals surface area contributed by atoms with E-state index in [1.807, 2.05) is 0 Å². The maximum atomic E-state index is 11.9. The fraction of sp³-hybridized carbons (Fsp3) is 0.400. The third kappa shape index (κ3) is 4.53. The SMILES string of the molecule is NC(CCC(F)(F)F)c1ccc(Cl)cc1. The van der Waals surface area contributed by atoms with Crippen molar-refractivity contribution in [2.75, 3.05) is 0 Å². The number of benzene rings is 1. The van der Waals surface area contributed by atoms with Gasteiger partial charge in [0, 0.05) is 17.5 Å². The molecule has 1 nitrogen and oxygen atoms in total. The summed E-state index contributed by atoms with van der Waals surface area (Å²) in [6.07, 6.45) is -5.12. The first kappa shape index (κ1) is 12.3. The first-order valence-corrected chi connectivity index (χ1v) is 4.84. The molecule has 0 heterocycles. The third-order valence-corrected chi connectivity index (χ3v) is 2.29. The Hall–Kier alpha value is -0.740. The van der Waals surface area contributed by atoms with Crippen LogP contribution in [-0.4, -0.2) is 6.18 Å². The van der Waals surface area contributed by atoms with Crippen LogP contribution in [0.25, 0.3) is 0 Å². The molecule has 0 saturated carbocycles. The van der Waals surface area contributed by atoms with Gasteiger partial charge in [0.2, 0.25) is 0 Å². The van der Waals surface area contributed by atoms with E-state index in [0.717, 1.165) is 0 Å². The number of hydrogen-bond donors (Lipinski definition) is 1. The molecule has 1 unspecified atom stereocenters. The largest absolute Gasteiger partial charge is 0.389 e. The minimum Gasteiger partial charge on any atom is -0.324 e. The van der Waals surface area contributed by atoms with E-state index in [1.165, 1.54) is 0 Å². The maximum Gasteiger partial charge on any atom is 0.389 e. The van der Waals surface area contributed by atoms with Crippen molar-refractivity contribution < 1.29 is 13.2 Å². The average Bonchev–Trinajstić information content (AvgIpc) is 2.14. The Labute approximate surface area is 91.0 Å². The van der Waals surface area contributed by atoms with Crippen molar-refractivity contribution in [3.63, 3.8) is 0 Å². The summed E-state index contributed by atoms with van der Waals surface area (Å²) in [5.74, 6) is 0. The lowest BCUT2D eigenvalue weighted by Crippen LogP contribution is -2.15. The Balaban J connectivity index is 2.54. The molecular formula is C10H11ClF3N. The fourth-order valence-electron chi connectivity index (χ4n) is 1.20. The van der Waals surface area contributed by atoms with Crippen molar-refractivity contribution in [1.29, 1.82) is 0 Å². The highest BCUT2D eigenvalue weighted by atomic mass is 35.5. The standard InChI is InChI=1S/C10H11ClF3N/c11-8-3-1-7(2-4-8)9(15)5-6-10(12,13)14/h1-4,9H,5-6,15H2. The van der Waals surface area contributed by atoms with Crippen molar-refractivity contribution in [3.8, 4) is 0 Å². The minimum atomic E-state index is -4.15. The minimum absolute atomic E-state index is 0.106. The molecule has 0 fully saturated rings. The van der Waals surface area contributed by atoms with Gasteiger partial charge in [-0.05, 0) is 24.1 Å². The van der Waals surface area contributed by atoms with Gasteiger partial charge in [-0.25, -0.2) is 0 Å². The summed E-state index contributed by atoms with van der Waals surface area (Å²) >= 11 is 5.65. The highest BCUT2D eigenvalue weighted by Gasteiger charge is 2.27. The predicted molar refractivity (Wildman–Crippen MR) is 53.7 cm³/mol. The number of nitrogens with two attached hydrogens (primary N) is 1. The lowest BCUT2D eigenvalue weighted by atomic mass is 10.0. The molecular weight excluding hydrogens is 227 g/mol. The first-order valence-electron chi connectivity index (χ1n) is 4.46. The van der Waals surface area contributed by atoms with Crippen molar-refractivity contribution in [1.82, 2.24) is 0 Å². The van der Waals surface area contributed by atoms with Crippen LogP contribution >= 0.6 is 11.6 Å². The van der Waals surface area contributed by atoms with Gasteiger partial charge in [-0.15, -0.1) is 0 Å². The quantitative estimate of drug-likeness (QED) is 0.853. The molecule has 0 saturated heterocycles. The van der Waals surface area contributed by atoms with E-state index in [-0.39, 0.29) is 6.42 Å². The smallest absolute Gasteiger partial charge is 0.324 e. The number of halogens is 4. The molecule has 0 aliphatic heterocycles. The molecule has 0 spiro atoms. The van der Waals surface area contributed by atoms with Crippen LogP contribution in [0, 0.1) is 0 Å². The van der Waals surface area contributed by atoms with Crippen LogP contribution < -0.4 is 5.73 Å². The zero-order valence-corrected chi connectivity index (χ0v) is 8.65. The van der Waals surface area contributed by atoms with Gasteiger partial charge < -0.3 is 5.73 Å². The Kier molecular flexibility index (Phi) is 3.99. The molecule has 0 bridgehead atoms. The summed E-state index contributed by atoms with van der Waals surface area (Å²) in [6, 6.07) is 5.92. The lowest BCUT2D eigenvalue weighted by Gasteiger charge is -2.13. The second-order valence-electron chi connectivity index (χ2n) is 3.31. The molecule has 0 aliphatic carbocycles. The van der Waals surface area contributed by atoms with E-state index in [9.17, 15) is 13.2 Å². The summed E-state index contributed by atoms with van der Waals surface area (Å²) in [4.78, 5) is 0. The molecule has 0 radical (unpaired) electrons. The molecule has 2 N–H and O–H groups in total. The van der Waals surface area contributed by atoms with Crippen LogP contribution in [0.3, 0.4) is 0 Å². The van der Waals surface area contributed by atoms with Crippen LogP contribution in [0.15, 0.2) is 24.3 Å². The Bertz CT molecular complexity index is 307. The average molecular weight is 238 g/mol. The maximum absolute atomic E-state index is 11.9. The zero-order valence-electron chi connectivity index (χ0n) is 7.89. The molecule has 1 rings (SSSR count). The normalized spacial score (nSPS) is 13.9. The van der Waals surface area contributed by atoms with Gasteiger partial charge in [0.05, 0.1) is 0 Å². The Morgan fingerprint density at radius 2 is 1.73 bits per heavy atom. The molecule has 15 heavy (non-hydrogen) atoms. The summed E-state index contributed by atoms with van der Waals surface area (Å²) in [5.41, 5.74) is 6.28. The van der Waals surface area contributed by atoms with Crippen molar-refractivity contribution in [3.05, 3.63) is 34.9 Å². The molecule has 1 aromatic carbocycles. The number of hydrogen-bond acceptors (Lipinski definition) is 1. The second-order valence-corrected chi connectivity index (χ2v) is 3.75. The van der Waals surface area contributed by atoms with Crippen LogP contribution in [0.4, 0.5) is 13.2 Å². The molecule has 5 heteroatoms. The third-order valence-electron chi connectivity index (χ3n) is 2.04. The topological polar surface area (TPSA) is 26.0 Å². The van der Waals surface area contributed by atoms with E-state index >= 15 is 0 Å². The van der Waals surface area contributed by atoms with Gasteiger partial charge in [-0.3, -0.25) is 0 Å². The summed E-state index contributed by atoms with van der Waals surface area (Å²) < 4.78 is 35.8. The summed E-state index contributed by atoms with van der Waals surface area (Å²) in [7, 11) is 0. The molecule has 1 atom stereocenters. The van der Waals surface area contributed by atoms with Crippen molar-refractivity contribution in [2.24, 2.45) is 5.73 Å². The van der Waals surface area contributed by atoms with Gasteiger partial charge in [-0.1, -0.05) is 23.7 Å². The van der Waals surface area contributed by atoms with Gasteiger partial charge >= 0.3 is 6.18 Å². The number of rotatable bonds is 3. The highest BCUT2D eigenvalue weighted by Crippen LogP contribution is 2.26. The number of alkyl halides is 3. The van der Waals surface area contributed by atoms with Gasteiger partial charge in [-0.2, -0.15) is 13.2 Å². The van der Waals surface area contributed by atoms with Crippen LogP contribution in [0.1, 0.15) is 24.4 Å². The first-order chi connectivity index (χ1) is 6.88. The molecule has 0 amide bonds. The molecule has 84 valence electrons. The Morgan fingerprint density at radius 3 is 2.20 bits per heavy atom. The fourth-order valence-corrected chi connectivity index (χ4v) is 1.32. The van der Waals surface area contributed by atoms with E-state index in [4.69, 9.17) is 17.3 Å². The highest BCUT2D eigenvalue weighted by molar-refractivity contribution is 6.30.